The highest BCUT2D eigenvalue weighted by atomic mass is 16.5. The van der Waals surface area contributed by atoms with Crippen LogP contribution in [0.15, 0.2) is 29.3 Å². The average Bonchev–Trinajstić information content (AvgIpc) is 3.08. The molecule has 6 nitrogen and oxygen atoms in total. The van der Waals surface area contributed by atoms with Gasteiger partial charge in [-0.2, -0.15) is 0 Å². The first-order valence-corrected chi connectivity index (χ1v) is 7.20. The van der Waals surface area contributed by atoms with Gasteiger partial charge in [-0.15, -0.1) is 0 Å². The van der Waals surface area contributed by atoms with Crippen molar-refractivity contribution in [1.29, 1.82) is 0 Å². The van der Waals surface area contributed by atoms with E-state index in [1.807, 2.05) is 24.3 Å². The number of hydrogen-bond acceptors (Lipinski definition) is 5. The van der Waals surface area contributed by atoms with Crippen LogP contribution in [0, 0.1) is 0 Å². The summed E-state index contributed by atoms with van der Waals surface area (Å²) in [6, 6.07) is 7.63. The average molecular weight is 289 g/mol. The molecule has 112 valence electrons. The molecule has 1 N–H and O–H groups in total. The number of ether oxygens (including phenoxy) is 2. The molecule has 0 spiro atoms. The molecule has 1 fully saturated rings. The number of benzene rings is 1. The van der Waals surface area contributed by atoms with Crippen LogP contribution in [0.2, 0.25) is 0 Å². The third kappa shape index (κ3) is 3.52. The van der Waals surface area contributed by atoms with Crippen LogP contribution in [-0.2, 0) is 9.53 Å². The van der Waals surface area contributed by atoms with E-state index >= 15 is 0 Å². The zero-order valence-corrected chi connectivity index (χ0v) is 11.9. The van der Waals surface area contributed by atoms with E-state index in [9.17, 15) is 4.79 Å². The molecule has 1 aromatic rings. The molecule has 0 unspecified atom stereocenters. The first-order valence-electron chi connectivity index (χ1n) is 7.20. The Bertz CT molecular complexity index is 521. The van der Waals surface area contributed by atoms with Gasteiger partial charge in [0.25, 0.3) is 5.91 Å². The summed E-state index contributed by atoms with van der Waals surface area (Å²) in [6.45, 7) is 4.28. The summed E-state index contributed by atoms with van der Waals surface area (Å²) >= 11 is 0. The highest BCUT2D eigenvalue weighted by molar-refractivity contribution is 5.99. The van der Waals surface area contributed by atoms with E-state index in [0.717, 1.165) is 24.5 Å². The number of hydrogen-bond donors (Lipinski definition) is 1. The van der Waals surface area contributed by atoms with Crippen molar-refractivity contribution in [1.82, 2.24) is 10.2 Å². The number of morpholine rings is 1. The van der Waals surface area contributed by atoms with Gasteiger partial charge in [-0.05, 0) is 24.3 Å². The van der Waals surface area contributed by atoms with Gasteiger partial charge < -0.3 is 19.7 Å². The first-order chi connectivity index (χ1) is 10.3. The Morgan fingerprint density at radius 2 is 2.05 bits per heavy atom. The van der Waals surface area contributed by atoms with Crippen molar-refractivity contribution < 1.29 is 14.3 Å². The van der Waals surface area contributed by atoms with Crippen LogP contribution >= 0.6 is 0 Å². The summed E-state index contributed by atoms with van der Waals surface area (Å²) in [5, 5.41) is 3.22. The van der Waals surface area contributed by atoms with Crippen LogP contribution in [-0.4, -0.2) is 62.6 Å². The van der Waals surface area contributed by atoms with E-state index in [1.165, 1.54) is 0 Å². The minimum Gasteiger partial charge on any atom is -0.484 e. The molecule has 0 atom stereocenters. The van der Waals surface area contributed by atoms with E-state index in [0.29, 0.717) is 32.1 Å². The van der Waals surface area contributed by atoms with Crippen LogP contribution in [0.25, 0.3) is 0 Å². The largest absolute Gasteiger partial charge is 0.484 e. The number of aliphatic imine (C=N–C) groups is 1. The van der Waals surface area contributed by atoms with Gasteiger partial charge in [-0.3, -0.25) is 9.79 Å². The zero-order valence-electron chi connectivity index (χ0n) is 11.9. The summed E-state index contributed by atoms with van der Waals surface area (Å²) in [5.74, 6) is 1.62. The highest BCUT2D eigenvalue weighted by Gasteiger charge is 2.17. The maximum absolute atomic E-state index is 12.0. The number of nitrogens with one attached hydrogen (secondary N) is 1. The van der Waals surface area contributed by atoms with Gasteiger partial charge in [0.2, 0.25) is 0 Å². The molecule has 21 heavy (non-hydrogen) atoms. The van der Waals surface area contributed by atoms with Crippen LogP contribution in [0.3, 0.4) is 0 Å². The quantitative estimate of drug-likeness (QED) is 0.864. The molecule has 0 radical (unpaired) electrons. The van der Waals surface area contributed by atoms with Crippen LogP contribution in [0.4, 0.5) is 0 Å². The van der Waals surface area contributed by atoms with E-state index < -0.39 is 0 Å². The third-order valence-electron chi connectivity index (χ3n) is 3.53. The molecule has 1 saturated heterocycles. The number of carbonyl (C=O) groups excluding carboxylic acids is 1. The second kappa shape index (κ2) is 6.58. The summed E-state index contributed by atoms with van der Waals surface area (Å²) < 4.78 is 10.8. The van der Waals surface area contributed by atoms with Crippen molar-refractivity contribution in [2.75, 3.05) is 46.0 Å². The molecule has 2 aliphatic heterocycles. The van der Waals surface area contributed by atoms with Gasteiger partial charge in [0.05, 0.1) is 19.8 Å². The smallest absolute Gasteiger partial charge is 0.260 e. The first kappa shape index (κ1) is 13.9. The van der Waals surface area contributed by atoms with Crippen molar-refractivity contribution in [2.24, 2.45) is 4.99 Å². The Hall–Kier alpha value is -2.08. The van der Waals surface area contributed by atoms with Gasteiger partial charge >= 0.3 is 0 Å². The Morgan fingerprint density at radius 3 is 2.71 bits per heavy atom. The van der Waals surface area contributed by atoms with Gasteiger partial charge in [0.15, 0.2) is 6.61 Å². The lowest BCUT2D eigenvalue weighted by Gasteiger charge is -2.26. The molecule has 0 saturated carbocycles. The Balaban J connectivity index is 1.52. The maximum Gasteiger partial charge on any atom is 0.260 e. The van der Waals surface area contributed by atoms with Crippen molar-refractivity contribution in [2.45, 2.75) is 0 Å². The minimum atomic E-state index is 0.00390. The van der Waals surface area contributed by atoms with Crippen LogP contribution in [0.5, 0.6) is 5.75 Å². The predicted molar refractivity (Wildman–Crippen MR) is 78.7 cm³/mol. The lowest BCUT2D eigenvalue weighted by molar-refractivity contribution is -0.137. The summed E-state index contributed by atoms with van der Waals surface area (Å²) in [6.07, 6.45) is 0. The fourth-order valence-corrected chi connectivity index (χ4v) is 2.35. The molecule has 0 bridgehead atoms. The van der Waals surface area contributed by atoms with E-state index in [4.69, 9.17) is 9.47 Å². The second-order valence-electron chi connectivity index (χ2n) is 4.96. The molecule has 6 heteroatoms. The van der Waals surface area contributed by atoms with E-state index in [-0.39, 0.29) is 12.5 Å². The van der Waals surface area contributed by atoms with Crippen LogP contribution in [0.1, 0.15) is 5.56 Å². The van der Waals surface area contributed by atoms with Gasteiger partial charge in [-0.1, -0.05) is 0 Å². The SMILES string of the molecule is O=C(COc1ccc(C2=NCCN2)cc1)N1CCOCC1. The lowest BCUT2D eigenvalue weighted by atomic mass is 10.2. The fraction of sp³-hybridized carbons (Fsp3) is 0.467. The fourth-order valence-electron chi connectivity index (χ4n) is 2.35. The van der Waals surface area contributed by atoms with Gasteiger partial charge in [0.1, 0.15) is 11.6 Å². The van der Waals surface area contributed by atoms with Crippen LogP contribution < -0.4 is 10.1 Å². The summed E-state index contributed by atoms with van der Waals surface area (Å²) in [7, 11) is 0. The highest BCUT2D eigenvalue weighted by Crippen LogP contribution is 2.13. The number of rotatable bonds is 4. The number of carbonyl (C=O) groups is 1. The van der Waals surface area contributed by atoms with Crippen molar-refractivity contribution in [3.63, 3.8) is 0 Å². The molecule has 0 aromatic heterocycles. The van der Waals surface area contributed by atoms with Crippen molar-refractivity contribution in [3.05, 3.63) is 29.8 Å². The monoisotopic (exact) mass is 289 g/mol. The van der Waals surface area contributed by atoms with Crippen molar-refractivity contribution >= 4 is 11.7 Å². The van der Waals surface area contributed by atoms with E-state index in [2.05, 4.69) is 10.3 Å². The molecule has 2 aliphatic rings. The molecule has 1 aromatic carbocycles. The minimum absolute atomic E-state index is 0.00390. The molecular weight excluding hydrogens is 270 g/mol. The molecule has 3 rings (SSSR count). The Morgan fingerprint density at radius 1 is 1.29 bits per heavy atom. The molecule has 2 heterocycles. The van der Waals surface area contributed by atoms with E-state index in [1.54, 1.807) is 4.90 Å². The Labute approximate surface area is 123 Å². The predicted octanol–water partition coefficient (Wildman–Crippen LogP) is 0.274. The normalized spacial score (nSPS) is 18.1. The lowest BCUT2D eigenvalue weighted by Crippen LogP contribution is -2.42. The molecule has 0 aliphatic carbocycles. The molecular formula is C15H19N3O3. The second-order valence-corrected chi connectivity index (χ2v) is 4.96. The van der Waals surface area contributed by atoms with Gasteiger partial charge in [-0.25, -0.2) is 0 Å². The van der Waals surface area contributed by atoms with Crippen molar-refractivity contribution in [3.8, 4) is 5.75 Å². The third-order valence-corrected chi connectivity index (χ3v) is 3.53. The topological polar surface area (TPSA) is 63.2 Å². The Kier molecular flexibility index (Phi) is 4.35. The standard InChI is InChI=1S/C15H19N3O3/c19-14(18-7-9-20-10-8-18)11-21-13-3-1-12(2-4-13)15-16-5-6-17-15/h1-4H,5-11H2,(H,16,17). The number of amides is 1. The van der Waals surface area contributed by atoms with Gasteiger partial charge in [0, 0.05) is 25.2 Å². The maximum atomic E-state index is 12.0. The zero-order chi connectivity index (χ0) is 14.5. The summed E-state index contributed by atoms with van der Waals surface area (Å²) in [4.78, 5) is 18.1. The number of amidine groups is 1. The number of nitrogens with zero attached hydrogens (tertiary/aromatic N) is 2. The molecule has 1 amide bonds. The summed E-state index contributed by atoms with van der Waals surface area (Å²) in [5.41, 5.74) is 1.04.